The van der Waals surface area contributed by atoms with Crippen molar-refractivity contribution in [3.8, 4) is 0 Å². The number of hydrogen-bond acceptors (Lipinski definition) is 3. The van der Waals surface area contributed by atoms with Crippen molar-refractivity contribution in [3.63, 3.8) is 0 Å². The maximum absolute atomic E-state index is 5.65. The van der Waals surface area contributed by atoms with Gasteiger partial charge in [0.05, 0.1) is 12.8 Å². The molecule has 0 radical (unpaired) electrons. The van der Waals surface area contributed by atoms with Crippen LogP contribution in [0.25, 0.3) is 0 Å². The highest BCUT2D eigenvalue weighted by atomic mass is 16.3. The van der Waals surface area contributed by atoms with Crippen molar-refractivity contribution in [2.24, 2.45) is 5.92 Å². The highest BCUT2D eigenvalue weighted by molar-refractivity contribution is 5.16. The standard InChI is InChI=1S/C16H28N2O/c1-13(2)17-10-15-8-9-19-16(15)12-18(3)11-14-6-4-5-7-14/h8-9,13-14,17H,4-7,10-12H2,1-3H3. The van der Waals surface area contributed by atoms with E-state index in [-0.39, 0.29) is 0 Å². The number of furan rings is 1. The maximum Gasteiger partial charge on any atom is 0.122 e. The molecule has 1 heterocycles. The predicted molar refractivity (Wildman–Crippen MR) is 79.0 cm³/mol. The average molecular weight is 264 g/mol. The average Bonchev–Trinajstić information content (AvgIpc) is 2.98. The second kappa shape index (κ2) is 7.11. The fourth-order valence-corrected chi connectivity index (χ4v) is 2.92. The molecule has 1 saturated carbocycles. The molecule has 0 bridgehead atoms. The van der Waals surface area contributed by atoms with Crippen molar-refractivity contribution in [2.45, 2.75) is 58.7 Å². The minimum atomic E-state index is 0.513. The summed E-state index contributed by atoms with van der Waals surface area (Å²) in [6, 6.07) is 2.60. The van der Waals surface area contributed by atoms with Crippen molar-refractivity contribution in [3.05, 3.63) is 23.7 Å². The zero-order valence-electron chi connectivity index (χ0n) is 12.6. The lowest BCUT2D eigenvalue weighted by Gasteiger charge is -2.20. The van der Waals surface area contributed by atoms with E-state index in [1.54, 1.807) is 0 Å². The lowest BCUT2D eigenvalue weighted by atomic mass is 10.1. The van der Waals surface area contributed by atoms with Gasteiger partial charge in [-0.25, -0.2) is 0 Å². The van der Waals surface area contributed by atoms with Gasteiger partial charge in [0.1, 0.15) is 5.76 Å². The minimum absolute atomic E-state index is 0.513. The number of nitrogens with one attached hydrogen (secondary N) is 1. The van der Waals surface area contributed by atoms with Crippen molar-refractivity contribution in [2.75, 3.05) is 13.6 Å². The molecule has 1 fully saturated rings. The number of hydrogen-bond donors (Lipinski definition) is 1. The van der Waals surface area contributed by atoms with Crippen LogP contribution in [0.2, 0.25) is 0 Å². The molecule has 2 rings (SSSR count). The van der Waals surface area contributed by atoms with E-state index < -0.39 is 0 Å². The summed E-state index contributed by atoms with van der Waals surface area (Å²) in [5.74, 6) is 2.02. The van der Waals surface area contributed by atoms with Crippen LogP contribution in [0.15, 0.2) is 16.7 Å². The molecule has 1 aromatic heterocycles. The molecule has 108 valence electrons. The Hall–Kier alpha value is -0.800. The molecule has 1 aromatic rings. The number of nitrogens with zero attached hydrogens (tertiary/aromatic N) is 1. The summed E-state index contributed by atoms with van der Waals surface area (Å²) in [6.45, 7) is 7.38. The van der Waals surface area contributed by atoms with Crippen LogP contribution in [-0.4, -0.2) is 24.5 Å². The third-order valence-corrected chi connectivity index (χ3v) is 4.00. The topological polar surface area (TPSA) is 28.4 Å². The molecule has 0 amide bonds. The highest BCUT2D eigenvalue weighted by Gasteiger charge is 2.18. The third kappa shape index (κ3) is 4.66. The Morgan fingerprint density at radius 2 is 2.11 bits per heavy atom. The third-order valence-electron chi connectivity index (χ3n) is 4.00. The molecular weight excluding hydrogens is 236 g/mol. The Bertz CT molecular complexity index is 367. The first-order chi connectivity index (χ1) is 9.15. The number of rotatable bonds is 7. The summed E-state index contributed by atoms with van der Waals surface area (Å²) in [5, 5.41) is 3.46. The molecule has 1 aliphatic rings. The summed E-state index contributed by atoms with van der Waals surface area (Å²) in [4.78, 5) is 2.41. The van der Waals surface area contributed by atoms with Crippen molar-refractivity contribution >= 4 is 0 Å². The Kier molecular flexibility index (Phi) is 5.46. The van der Waals surface area contributed by atoms with Gasteiger partial charge in [-0.3, -0.25) is 4.90 Å². The molecule has 0 spiro atoms. The van der Waals surface area contributed by atoms with Crippen molar-refractivity contribution in [1.29, 1.82) is 0 Å². The normalized spacial score (nSPS) is 16.9. The van der Waals surface area contributed by atoms with Crippen LogP contribution < -0.4 is 5.32 Å². The molecule has 1 aliphatic carbocycles. The van der Waals surface area contributed by atoms with E-state index >= 15 is 0 Å². The van der Waals surface area contributed by atoms with Crippen LogP contribution in [0, 0.1) is 5.92 Å². The summed E-state index contributed by atoms with van der Waals surface area (Å²) < 4.78 is 5.65. The van der Waals surface area contributed by atoms with Gasteiger partial charge in [-0.2, -0.15) is 0 Å². The fraction of sp³-hybridized carbons (Fsp3) is 0.750. The van der Waals surface area contributed by atoms with Crippen molar-refractivity contribution in [1.82, 2.24) is 10.2 Å². The maximum atomic E-state index is 5.65. The molecule has 1 N–H and O–H groups in total. The first-order valence-corrected chi connectivity index (χ1v) is 7.62. The molecule has 19 heavy (non-hydrogen) atoms. The summed E-state index contributed by atoms with van der Waals surface area (Å²) >= 11 is 0. The van der Waals surface area contributed by atoms with E-state index in [2.05, 4.69) is 37.2 Å². The van der Waals surface area contributed by atoms with Crippen LogP contribution in [0.3, 0.4) is 0 Å². The van der Waals surface area contributed by atoms with Crippen LogP contribution in [-0.2, 0) is 13.1 Å². The van der Waals surface area contributed by atoms with Gasteiger partial charge in [-0.1, -0.05) is 26.7 Å². The molecule has 0 atom stereocenters. The monoisotopic (exact) mass is 264 g/mol. The van der Waals surface area contributed by atoms with Crippen LogP contribution in [0.4, 0.5) is 0 Å². The van der Waals surface area contributed by atoms with Gasteiger partial charge in [0, 0.05) is 24.7 Å². The smallest absolute Gasteiger partial charge is 0.122 e. The first kappa shape index (κ1) is 14.6. The second-order valence-electron chi connectivity index (χ2n) is 6.25. The molecule has 0 aliphatic heterocycles. The molecule has 3 nitrogen and oxygen atoms in total. The van der Waals surface area contributed by atoms with Gasteiger partial charge in [0.25, 0.3) is 0 Å². The summed E-state index contributed by atoms with van der Waals surface area (Å²) in [5.41, 5.74) is 1.30. The van der Waals surface area contributed by atoms with Crippen LogP contribution in [0.5, 0.6) is 0 Å². The van der Waals surface area contributed by atoms with Gasteiger partial charge >= 0.3 is 0 Å². The zero-order valence-corrected chi connectivity index (χ0v) is 12.6. The Morgan fingerprint density at radius 1 is 1.37 bits per heavy atom. The lowest BCUT2D eigenvalue weighted by Crippen LogP contribution is -2.26. The second-order valence-corrected chi connectivity index (χ2v) is 6.25. The van der Waals surface area contributed by atoms with Gasteiger partial charge in [0.2, 0.25) is 0 Å². The van der Waals surface area contributed by atoms with Crippen LogP contribution in [0.1, 0.15) is 50.9 Å². The first-order valence-electron chi connectivity index (χ1n) is 7.62. The predicted octanol–water partition coefficient (Wildman–Crippen LogP) is 3.40. The van der Waals surface area contributed by atoms with E-state index in [1.807, 2.05) is 6.26 Å². The quantitative estimate of drug-likeness (QED) is 0.818. The largest absolute Gasteiger partial charge is 0.468 e. The van der Waals surface area contributed by atoms with E-state index in [0.717, 1.165) is 24.8 Å². The fourth-order valence-electron chi connectivity index (χ4n) is 2.92. The van der Waals surface area contributed by atoms with E-state index in [0.29, 0.717) is 6.04 Å². The van der Waals surface area contributed by atoms with Gasteiger partial charge in [-0.15, -0.1) is 0 Å². The zero-order chi connectivity index (χ0) is 13.7. The lowest BCUT2D eigenvalue weighted by molar-refractivity contribution is 0.250. The van der Waals surface area contributed by atoms with E-state index in [4.69, 9.17) is 4.42 Å². The summed E-state index contributed by atoms with van der Waals surface area (Å²) in [7, 11) is 2.21. The Morgan fingerprint density at radius 3 is 2.79 bits per heavy atom. The summed E-state index contributed by atoms with van der Waals surface area (Å²) in [6.07, 6.45) is 7.47. The van der Waals surface area contributed by atoms with Crippen LogP contribution >= 0.6 is 0 Å². The van der Waals surface area contributed by atoms with Gasteiger partial charge in [-0.05, 0) is 31.9 Å². The SMILES string of the molecule is CC(C)NCc1ccoc1CN(C)CC1CCCC1. The Labute approximate surface area is 117 Å². The molecule has 3 heteroatoms. The molecule has 0 unspecified atom stereocenters. The van der Waals surface area contributed by atoms with E-state index in [9.17, 15) is 0 Å². The molecule has 0 aromatic carbocycles. The van der Waals surface area contributed by atoms with Crippen molar-refractivity contribution < 1.29 is 4.42 Å². The molecule has 0 saturated heterocycles. The minimum Gasteiger partial charge on any atom is -0.468 e. The molecular formula is C16H28N2O. The Balaban J connectivity index is 1.82. The highest BCUT2D eigenvalue weighted by Crippen LogP contribution is 2.25. The van der Waals surface area contributed by atoms with Gasteiger partial charge < -0.3 is 9.73 Å². The van der Waals surface area contributed by atoms with Gasteiger partial charge in [0.15, 0.2) is 0 Å². The van der Waals surface area contributed by atoms with E-state index in [1.165, 1.54) is 37.8 Å².